The first-order chi connectivity index (χ1) is 11.8. The zero-order chi connectivity index (χ0) is 16.8. The summed E-state index contributed by atoms with van der Waals surface area (Å²) in [6, 6.07) is 5.75. The van der Waals surface area contributed by atoms with Crippen LogP contribution in [0.25, 0.3) is 11.4 Å². The largest absolute Gasteiger partial charge is 0.492 e. The van der Waals surface area contributed by atoms with Gasteiger partial charge in [0.2, 0.25) is 0 Å². The van der Waals surface area contributed by atoms with Crippen LogP contribution in [0.4, 0.5) is 4.79 Å². The number of nitrogens with zero attached hydrogens (tertiary/aromatic N) is 3. The quantitative estimate of drug-likeness (QED) is 0.881. The fourth-order valence-electron chi connectivity index (χ4n) is 2.95. The summed E-state index contributed by atoms with van der Waals surface area (Å²) in [7, 11) is 1.67. The molecular weight excluding hydrogens is 306 g/mol. The summed E-state index contributed by atoms with van der Waals surface area (Å²) in [5.41, 5.74) is 1.74. The zero-order valence-corrected chi connectivity index (χ0v) is 13.9. The standard InChI is InChI=1S/C17H23N5O2/c1-18-17(23)22-9-5-13(6-10-22)7-11-24-14-2-3-15(19-12-14)16-4-8-20-21-16/h2-4,8,12-13H,5-7,9-11H2,1H3,(H,18,23)(H,20,21). The van der Waals surface area contributed by atoms with Crippen LogP contribution in [0.2, 0.25) is 0 Å². The maximum Gasteiger partial charge on any atom is 0.317 e. The maximum atomic E-state index is 11.6. The number of hydrogen-bond acceptors (Lipinski definition) is 4. The van der Waals surface area contributed by atoms with Gasteiger partial charge in [0.25, 0.3) is 0 Å². The second-order valence-corrected chi connectivity index (χ2v) is 5.97. The van der Waals surface area contributed by atoms with Gasteiger partial charge in [-0.05, 0) is 43.4 Å². The van der Waals surface area contributed by atoms with Crippen LogP contribution in [-0.2, 0) is 0 Å². The molecule has 7 heteroatoms. The summed E-state index contributed by atoms with van der Waals surface area (Å²) in [5, 5.41) is 9.49. The molecule has 0 spiro atoms. The molecule has 1 saturated heterocycles. The SMILES string of the molecule is CNC(=O)N1CCC(CCOc2ccc(-c3ccn[nH]3)nc2)CC1. The van der Waals surface area contributed by atoms with E-state index >= 15 is 0 Å². The second kappa shape index (κ2) is 7.81. The number of carbonyl (C=O) groups is 1. The third-order valence-corrected chi connectivity index (χ3v) is 4.42. The van der Waals surface area contributed by atoms with Gasteiger partial charge in [-0.1, -0.05) is 0 Å². The number of urea groups is 1. The number of carbonyl (C=O) groups excluding carboxylic acids is 1. The maximum absolute atomic E-state index is 11.6. The third kappa shape index (κ3) is 4.04. The fourth-order valence-corrected chi connectivity index (χ4v) is 2.95. The van der Waals surface area contributed by atoms with Crippen LogP contribution in [0, 0.1) is 5.92 Å². The average molecular weight is 329 g/mol. The first-order valence-corrected chi connectivity index (χ1v) is 8.31. The van der Waals surface area contributed by atoms with Crippen LogP contribution in [0.5, 0.6) is 5.75 Å². The Kier molecular flexibility index (Phi) is 5.30. The van der Waals surface area contributed by atoms with Gasteiger partial charge in [0, 0.05) is 26.3 Å². The van der Waals surface area contributed by atoms with E-state index in [4.69, 9.17) is 4.74 Å². The van der Waals surface area contributed by atoms with Crippen LogP contribution < -0.4 is 10.1 Å². The smallest absolute Gasteiger partial charge is 0.317 e. The number of H-pyrrole nitrogens is 1. The van der Waals surface area contributed by atoms with Gasteiger partial charge < -0.3 is 15.0 Å². The van der Waals surface area contributed by atoms with Crippen molar-refractivity contribution in [2.24, 2.45) is 5.92 Å². The molecule has 2 aromatic heterocycles. The molecule has 7 nitrogen and oxygen atoms in total. The summed E-state index contributed by atoms with van der Waals surface area (Å²) in [6.07, 6.45) is 6.52. The molecule has 0 radical (unpaired) electrons. The van der Waals surface area contributed by atoms with Crippen LogP contribution in [0.3, 0.4) is 0 Å². The first kappa shape index (κ1) is 16.3. The normalized spacial score (nSPS) is 15.3. The molecule has 0 atom stereocenters. The van der Waals surface area contributed by atoms with Crippen LogP contribution in [0.15, 0.2) is 30.6 Å². The van der Waals surface area contributed by atoms with Crippen LogP contribution in [-0.4, -0.2) is 52.9 Å². The average Bonchev–Trinajstić information content (AvgIpc) is 3.17. The summed E-state index contributed by atoms with van der Waals surface area (Å²) in [6.45, 7) is 2.32. The van der Waals surface area contributed by atoms with Crippen molar-refractivity contribution in [2.75, 3.05) is 26.7 Å². The molecule has 1 fully saturated rings. The van der Waals surface area contributed by atoms with E-state index in [1.54, 1.807) is 19.4 Å². The molecule has 2 N–H and O–H groups in total. The lowest BCUT2D eigenvalue weighted by Gasteiger charge is -2.31. The number of aromatic amines is 1. The van der Waals surface area contributed by atoms with E-state index in [9.17, 15) is 4.79 Å². The number of pyridine rings is 1. The minimum Gasteiger partial charge on any atom is -0.492 e. The van der Waals surface area contributed by atoms with E-state index in [1.165, 1.54) is 0 Å². The van der Waals surface area contributed by atoms with E-state index in [-0.39, 0.29) is 6.03 Å². The minimum absolute atomic E-state index is 0.0214. The zero-order valence-electron chi connectivity index (χ0n) is 13.9. The van der Waals surface area contributed by atoms with Gasteiger partial charge in [-0.2, -0.15) is 5.10 Å². The third-order valence-electron chi connectivity index (χ3n) is 4.42. The van der Waals surface area contributed by atoms with Crippen molar-refractivity contribution in [3.8, 4) is 17.1 Å². The van der Waals surface area contributed by atoms with Gasteiger partial charge in [-0.25, -0.2) is 4.79 Å². The van der Waals surface area contributed by atoms with Crippen LogP contribution >= 0.6 is 0 Å². The summed E-state index contributed by atoms with van der Waals surface area (Å²) >= 11 is 0. The number of piperidine rings is 1. The number of amides is 2. The Hall–Kier alpha value is -2.57. The Balaban J connectivity index is 1.40. The number of likely N-dealkylation sites (tertiary alicyclic amines) is 1. The van der Waals surface area contributed by atoms with Gasteiger partial charge in [-0.15, -0.1) is 0 Å². The Morgan fingerprint density at radius 3 is 2.83 bits per heavy atom. The monoisotopic (exact) mass is 329 g/mol. The molecule has 0 aliphatic carbocycles. The minimum atomic E-state index is 0.0214. The summed E-state index contributed by atoms with van der Waals surface area (Å²) < 4.78 is 5.80. The fraction of sp³-hybridized carbons (Fsp3) is 0.471. The molecule has 0 aromatic carbocycles. The van der Waals surface area contributed by atoms with E-state index < -0.39 is 0 Å². The highest BCUT2D eigenvalue weighted by atomic mass is 16.5. The number of aromatic nitrogens is 3. The molecule has 2 amide bonds. The number of nitrogens with one attached hydrogen (secondary N) is 2. The molecule has 0 bridgehead atoms. The van der Waals surface area contributed by atoms with E-state index in [0.717, 1.165) is 49.5 Å². The van der Waals surface area contributed by atoms with Crippen molar-refractivity contribution in [3.05, 3.63) is 30.6 Å². The van der Waals surface area contributed by atoms with E-state index in [0.29, 0.717) is 12.5 Å². The number of rotatable bonds is 5. The molecule has 3 rings (SSSR count). The lowest BCUT2D eigenvalue weighted by molar-refractivity contribution is 0.162. The van der Waals surface area contributed by atoms with Gasteiger partial charge in [0.15, 0.2) is 0 Å². The van der Waals surface area contributed by atoms with Crippen molar-refractivity contribution in [1.29, 1.82) is 0 Å². The molecule has 1 aliphatic heterocycles. The highest BCUT2D eigenvalue weighted by Crippen LogP contribution is 2.22. The second-order valence-electron chi connectivity index (χ2n) is 5.97. The van der Waals surface area contributed by atoms with Crippen molar-refractivity contribution in [2.45, 2.75) is 19.3 Å². The topological polar surface area (TPSA) is 83.1 Å². The predicted octanol–water partition coefficient (Wildman–Crippen LogP) is 2.29. The molecule has 0 unspecified atom stereocenters. The van der Waals surface area contributed by atoms with Gasteiger partial charge in [0.1, 0.15) is 5.75 Å². The lowest BCUT2D eigenvalue weighted by Crippen LogP contribution is -2.43. The lowest BCUT2D eigenvalue weighted by atomic mass is 9.94. The van der Waals surface area contributed by atoms with E-state index in [2.05, 4.69) is 20.5 Å². The van der Waals surface area contributed by atoms with Crippen molar-refractivity contribution >= 4 is 6.03 Å². The van der Waals surface area contributed by atoms with Gasteiger partial charge in [0.05, 0.1) is 24.2 Å². The molecule has 24 heavy (non-hydrogen) atoms. The molecule has 1 aliphatic rings. The first-order valence-electron chi connectivity index (χ1n) is 8.31. The molecule has 3 heterocycles. The Labute approximate surface area is 141 Å². The van der Waals surface area contributed by atoms with Gasteiger partial charge >= 0.3 is 6.03 Å². The van der Waals surface area contributed by atoms with Crippen LogP contribution in [0.1, 0.15) is 19.3 Å². The van der Waals surface area contributed by atoms with E-state index in [1.807, 2.05) is 23.1 Å². The molecule has 2 aromatic rings. The number of hydrogen-bond donors (Lipinski definition) is 2. The number of ether oxygens (including phenoxy) is 1. The van der Waals surface area contributed by atoms with Crippen molar-refractivity contribution in [3.63, 3.8) is 0 Å². The molecule has 128 valence electrons. The van der Waals surface area contributed by atoms with Gasteiger partial charge in [-0.3, -0.25) is 10.1 Å². The highest BCUT2D eigenvalue weighted by molar-refractivity contribution is 5.73. The Bertz CT molecular complexity index is 634. The predicted molar refractivity (Wildman–Crippen MR) is 90.7 cm³/mol. The van der Waals surface area contributed by atoms with Crippen molar-refractivity contribution < 1.29 is 9.53 Å². The summed E-state index contributed by atoms with van der Waals surface area (Å²) in [5.74, 6) is 1.39. The Morgan fingerprint density at radius 2 is 2.21 bits per heavy atom. The molecule has 0 saturated carbocycles. The van der Waals surface area contributed by atoms with Crippen molar-refractivity contribution in [1.82, 2.24) is 25.4 Å². The highest BCUT2D eigenvalue weighted by Gasteiger charge is 2.21. The summed E-state index contributed by atoms with van der Waals surface area (Å²) in [4.78, 5) is 17.8. The molecular formula is C17H23N5O2. The Morgan fingerprint density at radius 1 is 1.38 bits per heavy atom.